The number of ether oxygens (including phenoxy) is 3. The normalized spacial score (nSPS) is 12.6. The Morgan fingerprint density at radius 1 is 1.27 bits per heavy atom. The van der Waals surface area contributed by atoms with Gasteiger partial charge in [0.05, 0.1) is 18.4 Å². The lowest BCUT2D eigenvalue weighted by Crippen LogP contribution is -2.13. The van der Waals surface area contributed by atoms with E-state index in [0.717, 1.165) is 0 Å². The number of carbonyl (C=O) groups is 2. The number of hydrogen-bond donors (Lipinski definition) is 1. The van der Waals surface area contributed by atoms with E-state index in [1.807, 2.05) is 0 Å². The standard InChI is InChI=1S/C18H13ClNO6/c1-24-14-7-10(8-15-16(14)26-9-25-15)6-12(19)17(21)20-13-5-3-2-4-11(13)18(22)23/h2-8H,9H2,1H3,(H,22,23). The molecule has 0 aliphatic carbocycles. The molecule has 1 aliphatic heterocycles. The van der Waals surface area contributed by atoms with E-state index in [9.17, 15) is 9.59 Å². The highest BCUT2D eigenvalue weighted by molar-refractivity contribution is 6.44. The van der Waals surface area contributed by atoms with Gasteiger partial charge in [-0.05, 0) is 35.9 Å². The first-order valence-electron chi connectivity index (χ1n) is 7.43. The number of carboxylic acids is 1. The Hall–Kier alpha value is -3.19. The number of carboxylic acid groups (broad SMARTS) is 1. The molecule has 1 heterocycles. The van der Waals surface area contributed by atoms with Gasteiger partial charge in [-0.3, -0.25) is 4.79 Å². The van der Waals surface area contributed by atoms with Gasteiger partial charge in [0, 0.05) is 0 Å². The second kappa shape index (κ2) is 7.37. The number of fused-ring (bicyclic) bond motifs is 1. The molecule has 2 aromatic rings. The topological polar surface area (TPSA) is 96.2 Å². The van der Waals surface area contributed by atoms with Crippen LogP contribution in [0.4, 0.5) is 5.69 Å². The molecular weight excluding hydrogens is 362 g/mol. The number of amides is 1. The minimum atomic E-state index is -1.18. The second-order valence-electron chi connectivity index (χ2n) is 5.19. The van der Waals surface area contributed by atoms with Gasteiger partial charge in [-0.15, -0.1) is 0 Å². The van der Waals surface area contributed by atoms with Crippen LogP contribution in [0.1, 0.15) is 15.9 Å². The molecular formula is C18H13ClNO6. The maximum absolute atomic E-state index is 12.2. The molecule has 0 bridgehead atoms. The maximum atomic E-state index is 12.2. The highest BCUT2D eigenvalue weighted by Gasteiger charge is 2.21. The average molecular weight is 375 g/mol. The molecule has 0 atom stereocenters. The van der Waals surface area contributed by atoms with Crippen molar-refractivity contribution in [2.45, 2.75) is 0 Å². The van der Waals surface area contributed by atoms with Crippen LogP contribution in [-0.4, -0.2) is 30.9 Å². The molecule has 0 saturated carbocycles. The van der Waals surface area contributed by atoms with Gasteiger partial charge >= 0.3 is 5.97 Å². The number of methoxy groups -OCH3 is 1. The number of nitrogens with zero attached hydrogens (tertiary/aromatic N) is 1. The number of aromatic carboxylic acids is 1. The fraction of sp³-hybridized carbons (Fsp3) is 0.111. The van der Waals surface area contributed by atoms with Crippen molar-refractivity contribution in [3.63, 3.8) is 0 Å². The number of benzene rings is 2. The summed E-state index contributed by atoms with van der Waals surface area (Å²) in [6.07, 6.45) is 1.39. The second-order valence-corrected chi connectivity index (χ2v) is 5.60. The van der Waals surface area contributed by atoms with Gasteiger partial charge in [-0.2, -0.15) is 0 Å². The van der Waals surface area contributed by atoms with E-state index in [4.69, 9.17) is 30.9 Å². The first kappa shape index (κ1) is 17.6. The number of para-hydroxylation sites is 1. The smallest absolute Gasteiger partial charge is 0.337 e. The highest BCUT2D eigenvalue weighted by Crippen LogP contribution is 2.42. The first-order chi connectivity index (χ1) is 12.5. The zero-order chi connectivity index (χ0) is 18.7. The summed E-state index contributed by atoms with van der Waals surface area (Å²) in [5, 5.41) is 12.7. The van der Waals surface area contributed by atoms with Crippen molar-refractivity contribution in [1.82, 2.24) is 5.32 Å². The van der Waals surface area contributed by atoms with E-state index in [1.54, 1.807) is 24.3 Å². The molecule has 0 aromatic heterocycles. The van der Waals surface area contributed by atoms with Crippen molar-refractivity contribution in [1.29, 1.82) is 0 Å². The monoisotopic (exact) mass is 374 g/mol. The van der Waals surface area contributed by atoms with E-state index in [0.29, 0.717) is 22.8 Å². The third kappa shape index (κ3) is 3.57. The molecule has 26 heavy (non-hydrogen) atoms. The van der Waals surface area contributed by atoms with Crippen molar-refractivity contribution in [2.24, 2.45) is 0 Å². The summed E-state index contributed by atoms with van der Waals surface area (Å²) < 4.78 is 15.8. The van der Waals surface area contributed by atoms with Gasteiger partial charge in [0.15, 0.2) is 11.5 Å². The molecule has 2 aromatic carbocycles. The van der Waals surface area contributed by atoms with E-state index >= 15 is 0 Å². The highest BCUT2D eigenvalue weighted by atomic mass is 35.5. The zero-order valence-corrected chi connectivity index (χ0v) is 14.3. The minimum absolute atomic E-state index is 0.0276. The van der Waals surface area contributed by atoms with Crippen LogP contribution in [0.5, 0.6) is 17.2 Å². The predicted octanol–water partition coefficient (Wildman–Crippen LogP) is 3.16. The molecule has 7 nitrogen and oxygen atoms in total. The molecule has 1 radical (unpaired) electrons. The number of hydrogen-bond acceptors (Lipinski definition) is 5. The van der Waals surface area contributed by atoms with Crippen LogP contribution in [0, 0.1) is 0 Å². The molecule has 3 rings (SSSR count). The summed E-state index contributed by atoms with van der Waals surface area (Å²) in [6, 6.07) is 9.19. The largest absolute Gasteiger partial charge is 0.493 e. The Labute approximate surface area is 153 Å². The molecule has 1 aliphatic rings. The van der Waals surface area contributed by atoms with Crippen LogP contribution in [0.3, 0.4) is 0 Å². The molecule has 1 N–H and O–H groups in total. The van der Waals surface area contributed by atoms with E-state index in [-0.39, 0.29) is 23.1 Å². The molecule has 0 unspecified atom stereocenters. The summed E-state index contributed by atoms with van der Waals surface area (Å²) in [7, 11) is 1.48. The number of halogens is 1. The quantitative estimate of drug-likeness (QED) is 0.807. The SMILES string of the molecule is COc1cc(C=C(Cl)C(=O)[N]c2ccccc2C(=O)O)cc2c1OCO2. The molecule has 0 fully saturated rings. The molecule has 0 saturated heterocycles. The molecule has 8 heteroatoms. The van der Waals surface area contributed by atoms with Crippen molar-refractivity contribution >= 4 is 35.2 Å². The van der Waals surface area contributed by atoms with Crippen molar-refractivity contribution in [3.05, 3.63) is 52.6 Å². The van der Waals surface area contributed by atoms with Crippen molar-refractivity contribution in [2.75, 3.05) is 13.9 Å². The van der Waals surface area contributed by atoms with Gasteiger partial charge in [0.1, 0.15) is 5.03 Å². The summed E-state index contributed by atoms with van der Waals surface area (Å²) in [5.74, 6) is -0.557. The fourth-order valence-electron chi connectivity index (χ4n) is 2.36. The lowest BCUT2D eigenvalue weighted by molar-refractivity contribution is -0.116. The van der Waals surface area contributed by atoms with Crippen LogP contribution in [-0.2, 0) is 4.79 Å². The Balaban J connectivity index is 1.84. The third-order valence-electron chi connectivity index (χ3n) is 3.53. The molecule has 1 amide bonds. The lowest BCUT2D eigenvalue weighted by Gasteiger charge is -2.07. The average Bonchev–Trinajstić information content (AvgIpc) is 3.09. The third-order valence-corrected chi connectivity index (χ3v) is 3.81. The van der Waals surface area contributed by atoms with Gasteiger partial charge < -0.3 is 19.3 Å². The number of rotatable bonds is 5. The zero-order valence-electron chi connectivity index (χ0n) is 13.6. The minimum Gasteiger partial charge on any atom is -0.493 e. The summed E-state index contributed by atoms with van der Waals surface area (Å²) in [6.45, 7) is 0.0762. The predicted molar refractivity (Wildman–Crippen MR) is 93.1 cm³/mol. The van der Waals surface area contributed by atoms with Crippen LogP contribution < -0.4 is 19.5 Å². The van der Waals surface area contributed by atoms with Crippen LogP contribution in [0.25, 0.3) is 6.08 Å². The summed E-state index contributed by atoms with van der Waals surface area (Å²) in [4.78, 5) is 23.4. The Bertz CT molecular complexity index is 909. The first-order valence-corrected chi connectivity index (χ1v) is 7.80. The molecule has 0 spiro atoms. The summed E-state index contributed by atoms with van der Waals surface area (Å²) >= 11 is 6.05. The van der Waals surface area contributed by atoms with Gasteiger partial charge in [-0.1, -0.05) is 23.7 Å². The van der Waals surface area contributed by atoms with Gasteiger partial charge in [-0.25, -0.2) is 10.1 Å². The Morgan fingerprint density at radius 2 is 2.04 bits per heavy atom. The lowest BCUT2D eigenvalue weighted by atomic mass is 10.1. The van der Waals surface area contributed by atoms with Crippen LogP contribution in [0.15, 0.2) is 41.4 Å². The van der Waals surface area contributed by atoms with Crippen LogP contribution in [0.2, 0.25) is 0 Å². The van der Waals surface area contributed by atoms with E-state index < -0.39 is 11.9 Å². The van der Waals surface area contributed by atoms with E-state index in [1.165, 1.54) is 25.3 Å². The van der Waals surface area contributed by atoms with E-state index in [2.05, 4.69) is 5.32 Å². The van der Waals surface area contributed by atoms with Crippen molar-refractivity contribution in [3.8, 4) is 17.2 Å². The van der Waals surface area contributed by atoms with Gasteiger partial charge in [0.25, 0.3) is 5.91 Å². The molecule has 133 valence electrons. The fourth-order valence-corrected chi connectivity index (χ4v) is 2.52. The Morgan fingerprint density at radius 3 is 2.77 bits per heavy atom. The summed E-state index contributed by atoms with van der Waals surface area (Å²) in [5.41, 5.74) is 0.487. The van der Waals surface area contributed by atoms with Crippen molar-refractivity contribution < 1.29 is 28.9 Å². The van der Waals surface area contributed by atoms with Gasteiger partial charge in [0.2, 0.25) is 12.5 Å². The van der Waals surface area contributed by atoms with Crippen LogP contribution >= 0.6 is 11.6 Å². The maximum Gasteiger partial charge on any atom is 0.337 e. The Kier molecular flexibility index (Phi) is 4.99. The number of carbonyl (C=O) groups excluding carboxylic acids is 1.